The van der Waals surface area contributed by atoms with Crippen molar-refractivity contribution in [1.82, 2.24) is 14.9 Å². The summed E-state index contributed by atoms with van der Waals surface area (Å²) < 4.78 is 20.1. The van der Waals surface area contributed by atoms with Crippen molar-refractivity contribution in [2.24, 2.45) is 5.73 Å². The van der Waals surface area contributed by atoms with Gasteiger partial charge in [-0.2, -0.15) is 4.98 Å². The summed E-state index contributed by atoms with van der Waals surface area (Å²) >= 11 is 0. The van der Waals surface area contributed by atoms with E-state index in [4.69, 9.17) is 10.5 Å². The lowest BCUT2D eigenvalue weighted by atomic mass is 10.2. The highest BCUT2D eigenvalue weighted by atomic mass is 19.1. The first kappa shape index (κ1) is 26.6. The monoisotopic (exact) mass is 519 g/mol. The molecule has 0 radical (unpaired) electrons. The maximum absolute atomic E-state index is 14.2. The molecule has 2 aromatic carbocycles. The third-order valence-corrected chi connectivity index (χ3v) is 6.09. The molecular formula is C27H30FN7O3. The number of anilines is 4. The fourth-order valence-electron chi connectivity index (χ4n) is 3.94. The number of amides is 2. The van der Waals surface area contributed by atoms with E-state index in [0.29, 0.717) is 17.8 Å². The molecule has 1 saturated heterocycles. The lowest BCUT2D eigenvalue weighted by molar-refractivity contribution is -0.111. The summed E-state index contributed by atoms with van der Waals surface area (Å²) in [6.45, 7) is 9.08. The Morgan fingerprint density at radius 1 is 1.13 bits per heavy atom. The van der Waals surface area contributed by atoms with Crippen molar-refractivity contribution >= 4 is 34.7 Å². The molecule has 2 heterocycles. The molecule has 1 aromatic heterocycles. The average Bonchev–Trinajstić information content (AvgIpc) is 2.91. The molecule has 1 fully saturated rings. The van der Waals surface area contributed by atoms with Crippen LogP contribution in [0.15, 0.2) is 55.1 Å². The fraction of sp³-hybridized carbons (Fsp3) is 0.259. The van der Waals surface area contributed by atoms with E-state index in [-0.39, 0.29) is 28.8 Å². The number of rotatable bonds is 9. The number of aryl methyl sites for hydroxylation is 1. The Kier molecular flexibility index (Phi) is 8.17. The lowest BCUT2D eigenvalue weighted by Crippen LogP contribution is -2.44. The van der Waals surface area contributed by atoms with Crippen LogP contribution < -0.4 is 26.0 Å². The van der Waals surface area contributed by atoms with E-state index >= 15 is 0 Å². The van der Waals surface area contributed by atoms with E-state index in [1.807, 2.05) is 31.2 Å². The summed E-state index contributed by atoms with van der Waals surface area (Å²) in [6, 6.07) is 11.7. The summed E-state index contributed by atoms with van der Waals surface area (Å²) in [7, 11) is 2.11. The third kappa shape index (κ3) is 6.24. The molecule has 3 aromatic rings. The number of benzene rings is 2. The van der Waals surface area contributed by atoms with Gasteiger partial charge < -0.3 is 30.9 Å². The van der Waals surface area contributed by atoms with Crippen LogP contribution in [0.5, 0.6) is 11.6 Å². The van der Waals surface area contributed by atoms with Crippen LogP contribution in [-0.4, -0.2) is 59.9 Å². The standard InChI is InChI=1S/C27H30FN7O3/c1-4-21-27(38-19-10-11-20(28)22(16-19)31-23(36)5-2)33-26(24(32-21)25(29)37)30-17-6-8-18(9-7-17)35-14-12-34(3)13-15-35/h5-11,16H,2,4,12-15H2,1,3H3,(H2,29,37)(H,30,33)(H,31,36). The molecule has 0 bridgehead atoms. The van der Waals surface area contributed by atoms with Gasteiger partial charge in [0, 0.05) is 43.6 Å². The fourth-order valence-corrected chi connectivity index (χ4v) is 3.94. The van der Waals surface area contributed by atoms with Crippen molar-refractivity contribution in [2.75, 3.05) is 48.8 Å². The van der Waals surface area contributed by atoms with E-state index in [1.165, 1.54) is 12.1 Å². The molecule has 4 N–H and O–H groups in total. The van der Waals surface area contributed by atoms with Crippen LogP contribution in [-0.2, 0) is 11.2 Å². The van der Waals surface area contributed by atoms with Crippen LogP contribution in [0.2, 0.25) is 0 Å². The predicted octanol–water partition coefficient (Wildman–Crippen LogP) is 3.69. The summed E-state index contributed by atoms with van der Waals surface area (Å²) in [5.74, 6) is -1.50. The van der Waals surface area contributed by atoms with Gasteiger partial charge in [0.1, 0.15) is 17.3 Å². The number of halogens is 1. The maximum atomic E-state index is 14.2. The minimum absolute atomic E-state index is 0.0321. The second-order valence-electron chi connectivity index (χ2n) is 8.79. The van der Waals surface area contributed by atoms with Crippen LogP contribution in [0.4, 0.5) is 27.3 Å². The third-order valence-electron chi connectivity index (χ3n) is 6.09. The number of aromatic nitrogens is 2. The minimum atomic E-state index is -0.744. The number of ether oxygens (including phenoxy) is 1. The van der Waals surface area contributed by atoms with Gasteiger partial charge in [-0.05, 0) is 55.9 Å². The number of likely N-dealkylation sites (N-methyl/N-ethyl adjacent to an activating group) is 1. The molecule has 198 valence electrons. The molecular weight excluding hydrogens is 489 g/mol. The zero-order valence-electron chi connectivity index (χ0n) is 21.3. The van der Waals surface area contributed by atoms with Gasteiger partial charge in [-0.15, -0.1) is 0 Å². The summed E-state index contributed by atoms with van der Waals surface area (Å²) in [6.07, 6.45) is 1.43. The summed E-state index contributed by atoms with van der Waals surface area (Å²) in [4.78, 5) is 37.3. The largest absolute Gasteiger partial charge is 0.437 e. The van der Waals surface area contributed by atoms with E-state index in [9.17, 15) is 14.0 Å². The Labute approximate surface area is 220 Å². The average molecular weight is 520 g/mol. The molecule has 0 aliphatic carbocycles. The molecule has 0 atom stereocenters. The van der Waals surface area contributed by atoms with Crippen molar-refractivity contribution in [1.29, 1.82) is 0 Å². The smallest absolute Gasteiger partial charge is 0.271 e. The second kappa shape index (κ2) is 11.7. The normalized spacial score (nSPS) is 13.6. The van der Waals surface area contributed by atoms with Gasteiger partial charge in [0.2, 0.25) is 11.8 Å². The van der Waals surface area contributed by atoms with Gasteiger partial charge in [-0.25, -0.2) is 9.37 Å². The molecule has 11 heteroatoms. The molecule has 4 rings (SSSR count). The molecule has 0 spiro atoms. The van der Waals surface area contributed by atoms with Gasteiger partial charge in [0.15, 0.2) is 11.5 Å². The van der Waals surface area contributed by atoms with E-state index in [1.54, 1.807) is 0 Å². The van der Waals surface area contributed by atoms with Crippen molar-refractivity contribution in [2.45, 2.75) is 13.3 Å². The lowest BCUT2D eigenvalue weighted by Gasteiger charge is -2.34. The number of carbonyl (C=O) groups excluding carboxylic acids is 2. The molecule has 2 amide bonds. The predicted molar refractivity (Wildman–Crippen MR) is 145 cm³/mol. The summed E-state index contributed by atoms with van der Waals surface area (Å²) in [5, 5.41) is 5.50. The first-order valence-corrected chi connectivity index (χ1v) is 12.2. The van der Waals surface area contributed by atoms with Gasteiger partial charge in [-0.3, -0.25) is 9.59 Å². The number of hydrogen-bond acceptors (Lipinski definition) is 8. The molecule has 0 saturated carbocycles. The molecule has 1 aliphatic heterocycles. The number of nitrogens with two attached hydrogens (primary N) is 1. The van der Waals surface area contributed by atoms with Crippen molar-refractivity contribution < 1.29 is 18.7 Å². The quantitative estimate of drug-likeness (QED) is 0.366. The zero-order valence-corrected chi connectivity index (χ0v) is 21.3. The van der Waals surface area contributed by atoms with Crippen LogP contribution in [0.3, 0.4) is 0 Å². The van der Waals surface area contributed by atoms with Crippen LogP contribution in [0, 0.1) is 5.82 Å². The highest BCUT2D eigenvalue weighted by Gasteiger charge is 2.20. The van der Waals surface area contributed by atoms with Gasteiger partial charge in [0.05, 0.1) is 5.69 Å². The van der Waals surface area contributed by atoms with Crippen LogP contribution >= 0.6 is 0 Å². The first-order valence-electron chi connectivity index (χ1n) is 12.2. The Hall–Kier alpha value is -4.51. The Balaban J connectivity index is 1.60. The van der Waals surface area contributed by atoms with Crippen molar-refractivity contribution in [3.63, 3.8) is 0 Å². The Morgan fingerprint density at radius 3 is 2.47 bits per heavy atom. The second-order valence-corrected chi connectivity index (χ2v) is 8.79. The zero-order chi connectivity index (χ0) is 27.2. The number of nitrogens with zero attached hydrogens (tertiary/aromatic N) is 4. The Bertz CT molecular complexity index is 1340. The highest BCUT2D eigenvalue weighted by Crippen LogP contribution is 2.30. The number of nitrogens with one attached hydrogen (secondary N) is 2. The van der Waals surface area contributed by atoms with E-state index < -0.39 is 17.6 Å². The van der Waals surface area contributed by atoms with Crippen molar-refractivity contribution in [3.8, 4) is 11.6 Å². The SMILES string of the molecule is C=CC(=O)Nc1cc(Oc2nc(Nc3ccc(N4CCN(C)CC4)cc3)c(C(N)=O)nc2CC)ccc1F. The molecule has 10 nitrogen and oxygen atoms in total. The number of carbonyl (C=O) groups is 2. The van der Waals surface area contributed by atoms with Crippen LogP contribution in [0.1, 0.15) is 23.1 Å². The number of primary amides is 1. The van der Waals surface area contributed by atoms with E-state index in [0.717, 1.165) is 44.0 Å². The van der Waals surface area contributed by atoms with Crippen LogP contribution in [0.25, 0.3) is 0 Å². The van der Waals surface area contributed by atoms with Gasteiger partial charge in [0.25, 0.3) is 5.91 Å². The van der Waals surface area contributed by atoms with Crippen molar-refractivity contribution in [3.05, 3.63) is 72.3 Å². The van der Waals surface area contributed by atoms with E-state index in [2.05, 4.69) is 44.0 Å². The summed E-state index contributed by atoms with van der Waals surface area (Å²) in [5.41, 5.74) is 7.66. The number of hydrogen-bond donors (Lipinski definition) is 3. The number of piperazine rings is 1. The first-order chi connectivity index (χ1) is 18.3. The molecule has 38 heavy (non-hydrogen) atoms. The maximum Gasteiger partial charge on any atom is 0.271 e. The van der Waals surface area contributed by atoms with Gasteiger partial charge >= 0.3 is 0 Å². The Morgan fingerprint density at radius 2 is 1.84 bits per heavy atom. The minimum Gasteiger partial charge on any atom is -0.437 e. The molecule has 0 unspecified atom stereocenters. The van der Waals surface area contributed by atoms with Gasteiger partial charge in [-0.1, -0.05) is 13.5 Å². The topological polar surface area (TPSA) is 126 Å². The molecule has 1 aliphatic rings. The highest BCUT2D eigenvalue weighted by molar-refractivity contribution is 5.99.